The van der Waals surface area contributed by atoms with Gasteiger partial charge in [0, 0.05) is 17.6 Å². The topological polar surface area (TPSA) is 86.8 Å². The number of amides is 2. The first-order valence-electron chi connectivity index (χ1n) is 15.9. The van der Waals surface area contributed by atoms with Crippen molar-refractivity contribution < 1.29 is 18.0 Å². The van der Waals surface area contributed by atoms with E-state index >= 15 is 0 Å². The van der Waals surface area contributed by atoms with Crippen molar-refractivity contribution >= 4 is 39.1 Å². The van der Waals surface area contributed by atoms with Crippen LogP contribution in [-0.2, 0) is 31.6 Å². The number of carbonyl (C=O) groups excluding carboxylic acids is 2. The largest absolute Gasteiger partial charge is 0.352 e. The minimum atomic E-state index is -3.79. The van der Waals surface area contributed by atoms with Gasteiger partial charge in [-0.1, -0.05) is 54.8 Å². The maximum atomic E-state index is 14.0. The molecule has 4 bridgehead atoms. The van der Waals surface area contributed by atoms with E-state index in [1.807, 2.05) is 30.3 Å². The van der Waals surface area contributed by atoms with Gasteiger partial charge in [-0.2, -0.15) is 0 Å². The fourth-order valence-electron chi connectivity index (χ4n) is 8.84. The molecule has 5 aliphatic rings. The number of rotatable bonds is 10. The van der Waals surface area contributed by atoms with Gasteiger partial charge < -0.3 is 10.2 Å². The van der Waals surface area contributed by atoms with Crippen LogP contribution in [0, 0.1) is 17.8 Å². The molecule has 2 amide bonds. The van der Waals surface area contributed by atoms with Crippen molar-refractivity contribution in [2.45, 2.75) is 95.2 Å². The third kappa shape index (κ3) is 6.46. The number of sulfonamides is 1. The molecule has 0 spiro atoms. The molecule has 43 heavy (non-hydrogen) atoms. The molecule has 232 valence electrons. The van der Waals surface area contributed by atoms with E-state index in [1.165, 1.54) is 53.3 Å². The number of nitrogens with one attached hydrogen (secondary N) is 1. The lowest BCUT2D eigenvalue weighted by Gasteiger charge is -2.57. The fourth-order valence-corrected chi connectivity index (χ4v) is 9.89. The monoisotopic (exact) mass is 625 g/mol. The van der Waals surface area contributed by atoms with Crippen molar-refractivity contribution in [1.29, 1.82) is 0 Å². The Balaban J connectivity index is 1.23. The van der Waals surface area contributed by atoms with Crippen molar-refractivity contribution in [3.8, 4) is 0 Å². The predicted molar refractivity (Wildman–Crippen MR) is 170 cm³/mol. The van der Waals surface area contributed by atoms with E-state index < -0.39 is 28.5 Å². The molecule has 0 radical (unpaired) electrons. The molecule has 5 fully saturated rings. The Morgan fingerprint density at radius 2 is 1.53 bits per heavy atom. The second-order valence-corrected chi connectivity index (χ2v) is 16.1. The van der Waals surface area contributed by atoms with E-state index in [9.17, 15) is 18.0 Å². The van der Waals surface area contributed by atoms with Gasteiger partial charge in [-0.25, -0.2) is 8.42 Å². The highest BCUT2D eigenvalue weighted by atomic mass is 35.5. The quantitative estimate of drug-likeness (QED) is 0.348. The lowest BCUT2D eigenvalue weighted by atomic mass is 9.48. The molecule has 1 atom stereocenters. The summed E-state index contributed by atoms with van der Waals surface area (Å²) in [7, 11) is -3.79. The van der Waals surface area contributed by atoms with Crippen LogP contribution in [0.3, 0.4) is 0 Å². The number of anilines is 1. The Morgan fingerprint density at radius 3 is 2.09 bits per heavy atom. The van der Waals surface area contributed by atoms with Crippen LogP contribution in [0.25, 0.3) is 0 Å². The van der Waals surface area contributed by atoms with E-state index in [2.05, 4.69) is 17.4 Å². The lowest BCUT2D eigenvalue weighted by Crippen LogP contribution is -2.52. The maximum absolute atomic E-state index is 14.0. The summed E-state index contributed by atoms with van der Waals surface area (Å²) in [6.45, 7) is 1.39. The third-order valence-electron chi connectivity index (χ3n) is 10.7. The van der Waals surface area contributed by atoms with Crippen LogP contribution in [0.1, 0.15) is 82.3 Å². The molecule has 0 aliphatic heterocycles. The standard InChI is InChI=1S/C34H44ClN3O4S/c1-23(33(40)36-29-8-4-5-9-29)37(21-27-7-3-6-10-31(27)35)32(39)22-38(43(2,41)42)30-13-11-28(12-14-30)34-18-24-15-25(19-34)17-26(16-24)20-34/h3,6-7,10-14,23-26,29H,4-5,8-9,15-22H2,1-2H3,(H,36,40)/t23-,24?,25?,26?,34?/m0/s1. The van der Waals surface area contributed by atoms with Gasteiger partial charge in [-0.3, -0.25) is 13.9 Å². The van der Waals surface area contributed by atoms with Gasteiger partial charge in [0.25, 0.3) is 0 Å². The first kappa shape index (κ1) is 30.4. The van der Waals surface area contributed by atoms with Gasteiger partial charge >= 0.3 is 0 Å². The van der Waals surface area contributed by atoms with E-state index in [4.69, 9.17) is 11.6 Å². The zero-order chi connectivity index (χ0) is 30.4. The smallest absolute Gasteiger partial charge is 0.244 e. The molecule has 0 saturated heterocycles. The molecule has 5 aliphatic carbocycles. The van der Waals surface area contributed by atoms with Crippen LogP contribution >= 0.6 is 11.6 Å². The number of hydrogen-bond donors (Lipinski definition) is 1. The molecule has 2 aromatic carbocycles. The van der Waals surface area contributed by atoms with Crippen molar-refractivity contribution in [2.75, 3.05) is 17.1 Å². The van der Waals surface area contributed by atoms with Crippen molar-refractivity contribution in [1.82, 2.24) is 10.2 Å². The van der Waals surface area contributed by atoms with Gasteiger partial charge in [-0.05, 0) is 111 Å². The van der Waals surface area contributed by atoms with Gasteiger partial charge in [-0.15, -0.1) is 0 Å². The number of halogens is 1. The number of benzene rings is 2. The minimum Gasteiger partial charge on any atom is -0.352 e. The molecular weight excluding hydrogens is 582 g/mol. The average Bonchev–Trinajstić information content (AvgIpc) is 3.47. The molecule has 0 aromatic heterocycles. The summed E-state index contributed by atoms with van der Waals surface area (Å²) in [4.78, 5) is 28.7. The van der Waals surface area contributed by atoms with Gasteiger partial charge in [0.15, 0.2) is 0 Å². The fraction of sp³-hybridized carbons (Fsp3) is 0.588. The van der Waals surface area contributed by atoms with E-state index in [1.54, 1.807) is 13.0 Å². The Hall–Kier alpha value is -2.58. The summed E-state index contributed by atoms with van der Waals surface area (Å²) in [6.07, 6.45) is 12.9. The summed E-state index contributed by atoms with van der Waals surface area (Å²) in [5.74, 6) is 1.75. The number of nitrogens with zero attached hydrogens (tertiary/aromatic N) is 2. The zero-order valence-electron chi connectivity index (χ0n) is 25.3. The van der Waals surface area contributed by atoms with Crippen molar-refractivity contribution in [3.63, 3.8) is 0 Å². The summed E-state index contributed by atoms with van der Waals surface area (Å²) < 4.78 is 27.4. The van der Waals surface area contributed by atoms with Crippen LogP contribution in [0.2, 0.25) is 5.02 Å². The highest BCUT2D eigenvalue weighted by Crippen LogP contribution is 2.60. The Kier molecular flexibility index (Phi) is 8.55. The van der Waals surface area contributed by atoms with Crippen LogP contribution in [0.4, 0.5) is 5.69 Å². The first-order chi connectivity index (χ1) is 20.5. The summed E-state index contributed by atoms with van der Waals surface area (Å²) in [6, 6.07) is 14.4. The highest BCUT2D eigenvalue weighted by Gasteiger charge is 2.51. The summed E-state index contributed by atoms with van der Waals surface area (Å²) in [5, 5.41) is 3.58. The Morgan fingerprint density at radius 1 is 0.953 bits per heavy atom. The predicted octanol–water partition coefficient (Wildman–Crippen LogP) is 6.05. The van der Waals surface area contributed by atoms with Crippen LogP contribution < -0.4 is 9.62 Å². The molecule has 9 heteroatoms. The van der Waals surface area contributed by atoms with Crippen molar-refractivity contribution in [2.24, 2.45) is 17.8 Å². The molecule has 0 unspecified atom stereocenters. The molecule has 7 nitrogen and oxygen atoms in total. The zero-order valence-corrected chi connectivity index (χ0v) is 26.9. The normalized spacial score (nSPS) is 27.2. The van der Waals surface area contributed by atoms with E-state index in [-0.39, 0.29) is 23.9 Å². The number of carbonyl (C=O) groups is 2. The van der Waals surface area contributed by atoms with E-state index in [0.29, 0.717) is 16.3 Å². The molecular formula is C34H44ClN3O4S. The van der Waals surface area contributed by atoms with Gasteiger partial charge in [0.1, 0.15) is 12.6 Å². The molecule has 0 heterocycles. The highest BCUT2D eigenvalue weighted by molar-refractivity contribution is 7.92. The minimum absolute atomic E-state index is 0.0975. The van der Waals surface area contributed by atoms with Crippen LogP contribution in [0.5, 0.6) is 0 Å². The second-order valence-electron chi connectivity index (χ2n) is 13.8. The lowest BCUT2D eigenvalue weighted by molar-refractivity contribution is -0.139. The summed E-state index contributed by atoms with van der Waals surface area (Å²) in [5.41, 5.74) is 2.66. The van der Waals surface area contributed by atoms with Gasteiger partial charge in [0.2, 0.25) is 21.8 Å². The first-order valence-corrected chi connectivity index (χ1v) is 18.1. The number of hydrogen-bond acceptors (Lipinski definition) is 4. The third-order valence-corrected chi connectivity index (χ3v) is 12.2. The van der Waals surface area contributed by atoms with Crippen LogP contribution in [0.15, 0.2) is 48.5 Å². The molecule has 2 aromatic rings. The Bertz CT molecular complexity index is 1420. The summed E-state index contributed by atoms with van der Waals surface area (Å²) >= 11 is 6.45. The van der Waals surface area contributed by atoms with Crippen LogP contribution in [-0.4, -0.2) is 50.0 Å². The second kappa shape index (κ2) is 12.1. The Labute approximate surface area is 261 Å². The maximum Gasteiger partial charge on any atom is 0.244 e. The SMILES string of the molecule is C[C@@H](C(=O)NC1CCCC1)N(Cc1ccccc1Cl)C(=O)CN(c1ccc(C23CC4CC(CC(C4)C2)C3)cc1)S(C)(=O)=O. The molecule has 5 saturated carbocycles. The van der Waals surface area contributed by atoms with Gasteiger partial charge in [0.05, 0.1) is 11.9 Å². The average molecular weight is 626 g/mol. The molecule has 1 N–H and O–H groups in total. The molecule has 7 rings (SSSR count). The van der Waals surface area contributed by atoms with Crippen molar-refractivity contribution in [3.05, 3.63) is 64.7 Å². The van der Waals surface area contributed by atoms with E-state index in [0.717, 1.165) is 49.7 Å².